The molecule has 0 saturated carbocycles. The summed E-state index contributed by atoms with van der Waals surface area (Å²) in [6.07, 6.45) is 1.26. The van der Waals surface area contributed by atoms with Gasteiger partial charge in [0.05, 0.1) is 6.10 Å². The van der Waals surface area contributed by atoms with Gasteiger partial charge in [-0.05, 0) is 18.4 Å². The van der Waals surface area contributed by atoms with Gasteiger partial charge in [0.15, 0.2) is 0 Å². The molecule has 146 valence electrons. The molecule has 2 heterocycles. The second kappa shape index (κ2) is 8.54. The third-order valence-corrected chi connectivity index (χ3v) is 5.27. The van der Waals surface area contributed by atoms with Gasteiger partial charge in [0.2, 0.25) is 0 Å². The highest BCUT2D eigenvalue weighted by Crippen LogP contribution is 2.13. The zero-order chi connectivity index (χ0) is 19.4. The standard InChI is InChI=1S/C20H28N4O3/c1-21-18(14-19(26)22(2)20(21)27)24-12-10-23(11-13-24)15-17(25)9-8-16-6-4-3-5-7-16/h3-7,14,17,25H,8-13,15H2,1-2H3. The van der Waals surface area contributed by atoms with Crippen LogP contribution in [-0.2, 0) is 20.5 Å². The van der Waals surface area contributed by atoms with Crippen molar-refractivity contribution in [3.8, 4) is 0 Å². The molecule has 2 aromatic rings. The number of nitrogens with zero attached hydrogens (tertiary/aromatic N) is 4. The Hall–Kier alpha value is -2.38. The van der Waals surface area contributed by atoms with E-state index in [0.717, 1.165) is 43.6 Å². The Balaban J connectivity index is 1.52. The molecule has 1 aliphatic rings. The van der Waals surface area contributed by atoms with Crippen molar-refractivity contribution in [3.63, 3.8) is 0 Å². The van der Waals surface area contributed by atoms with Crippen LogP contribution in [0.1, 0.15) is 12.0 Å². The van der Waals surface area contributed by atoms with Crippen LogP contribution in [0.4, 0.5) is 5.82 Å². The lowest BCUT2D eigenvalue weighted by molar-refractivity contribution is 0.102. The first-order valence-corrected chi connectivity index (χ1v) is 9.42. The molecule has 1 aromatic carbocycles. The van der Waals surface area contributed by atoms with E-state index in [1.165, 1.54) is 23.2 Å². The molecule has 3 rings (SSSR count). The summed E-state index contributed by atoms with van der Waals surface area (Å²) in [6.45, 7) is 3.70. The number of hydrogen-bond donors (Lipinski definition) is 1. The Labute approximate surface area is 159 Å². The van der Waals surface area contributed by atoms with Crippen LogP contribution < -0.4 is 16.1 Å². The smallest absolute Gasteiger partial charge is 0.332 e. The van der Waals surface area contributed by atoms with Crippen molar-refractivity contribution in [2.45, 2.75) is 18.9 Å². The molecule has 1 N–H and O–H groups in total. The Morgan fingerprint density at radius 3 is 2.33 bits per heavy atom. The van der Waals surface area contributed by atoms with E-state index >= 15 is 0 Å². The summed E-state index contributed by atoms with van der Waals surface area (Å²) < 4.78 is 2.63. The fraction of sp³-hybridized carbons (Fsp3) is 0.500. The Morgan fingerprint density at radius 2 is 1.67 bits per heavy atom. The fourth-order valence-electron chi connectivity index (χ4n) is 3.55. The first-order valence-electron chi connectivity index (χ1n) is 9.42. The van der Waals surface area contributed by atoms with E-state index in [0.29, 0.717) is 12.4 Å². The number of rotatable bonds is 6. The van der Waals surface area contributed by atoms with Crippen molar-refractivity contribution in [3.05, 3.63) is 62.8 Å². The molecule has 1 unspecified atom stereocenters. The molecular formula is C20H28N4O3. The molecule has 0 spiro atoms. The number of anilines is 1. The van der Waals surface area contributed by atoms with Crippen LogP contribution >= 0.6 is 0 Å². The van der Waals surface area contributed by atoms with Gasteiger partial charge in [0.1, 0.15) is 5.82 Å². The van der Waals surface area contributed by atoms with Gasteiger partial charge in [-0.2, -0.15) is 0 Å². The Morgan fingerprint density at radius 1 is 1.00 bits per heavy atom. The predicted octanol–water partition coefficient (Wildman–Crippen LogP) is 0.200. The van der Waals surface area contributed by atoms with Crippen LogP contribution in [0.15, 0.2) is 46.0 Å². The van der Waals surface area contributed by atoms with Crippen molar-refractivity contribution in [2.24, 2.45) is 14.1 Å². The molecule has 7 nitrogen and oxygen atoms in total. The van der Waals surface area contributed by atoms with Crippen molar-refractivity contribution in [1.29, 1.82) is 0 Å². The molecule has 0 bridgehead atoms. The molecule has 1 saturated heterocycles. The van der Waals surface area contributed by atoms with E-state index in [4.69, 9.17) is 0 Å². The molecule has 0 radical (unpaired) electrons. The third-order valence-electron chi connectivity index (χ3n) is 5.27. The van der Waals surface area contributed by atoms with Crippen LogP contribution in [0.25, 0.3) is 0 Å². The van der Waals surface area contributed by atoms with E-state index in [9.17, 15) is 14.7 Å². The number of aliphatic hydroxyl groups excluding tert-OH is 1. The predicted molar refractivity (Wildman–Crippen MR) is 106 cm³/mol. The molecule has 1 aromatic heterocycles. The second-order valence-electron chi connectivity index (χ2n) is 7.21. The van der Waals surface area contributed by atoms with Gasteiger partial charge in [-0.25, -0.2) is 4.79 Å². The quantitative estimate of drug-likeness (QED) is 0.784. The highest BCUT2D eigenvalue weighted by molar-refractivity contribution is 5.38. The van der Waals surface area contributed by atoms with E-state index in [2.05, 4.69) is 21.9 Å². The van der Waals surface area contributed by atoms with Crippen molar-refractivity contribution in [1.82, 2.24) is 14.0 Å². The van der Waals surface area contributed by atoms with Gasteiger partial charge < -0.3 is 10.0 Å². The highest BCUT2D eigenvalue weighted by Gasteiger charge is 2.21. The topological polar surface area (TPSA) is 70.7 Å². The minimum atomic E-state index is -0.356. The van der Waals surface area contributed by atoms with E-state index in [1.807, 2.05) is 18.2 Å². The van der Waals surface area contributed by atoms with Gasteiger partial charge in [0, 0.05) is 52.9 Å². The van der Waals surface area contributed by atoms with E-state index in [1.54, 1.807) is 7.05 Å². The van der Waals surface area contributed by atoms with E-state index < -0.39 is 0 Å². The number of benzene rings is 1. The normalized spacial score (nSPS) is 16.5. The Bertz CT molecular complexity index is 867. The first kappa shape index (κ1) is 19.4. The molecule has 27 heavy (non-hydrogen) atoms. The van der Waals surface area contributed by atoms with Crippen molar-refractivity contribution >= 4 is 5.82 Å². The average molecular weight is 372 g/mol. The maximum Gasteiger partial charge on any atom is 0.332 e. The zero-order valence-electron chi connectivity index (χ0n) is 16.0. The number of hydrogen-bond acceptors (Lipinski definition) is 5. The molecule has 1 atom stereocenters. The largest absolute Gasteiger partial charge is 0.392 e. The fourth-order valence-corrected chi connectivity index (χ4v) is 3.55. The van der Waals surface area contributed by atoms with Crippen molar-refractivity contribution in [2.75, 3.05) is 37.6 Å². The van der Waals surface area contributed by atoms with Gasteiger partial charge >= 0.3 is 5.69 Å². The summed E-state index contributed by atoms with van der Waals surface area (Å²) in [5, 5.41) is 10.3. The lowest BCUT2D eigenvalue weighted by atomic mass is 10.1. The minimum absolute atomic E-state index is 0.285. The lowest BCUT2D eigenvalue weighted by Gasteiger charge is -2.37. The van der Waals surface area contributed by atoms with Crippen LogP contribution in [0.2, 0.25) is 0 Å². The van der Waals surface area contributed by atoms with Gasteiger partial charge in [-0.3, -0.25) is 18.8 Å². The van der Waals surface area contributed by atoms with Crippen LogP contribution in [0.5, 0.6) is 0 Å². The summed E-state index contributed by atoms with van der Waals surface area (Å²) in [5.74, 6) is 0.660. The SMILES string of the molecule is Cn1c(N2CCN(CC(O)CCc3ccccc3)CC2)cc(=O)n(C)c1=O. The molecule has 7 heteroatoms. The van der Waals surface area contributed by atoms with Crippen LogP contribution in [0, 0.1) is 0 Å². The van der Waals surface area contributed by atoms with Crippen LogP contribution in [-0.4, -0.2) is 58.0 Å². The van der Waals surface area contributed by atoms with Crippen LogP contribution in [0.3, 0.4) is 0 Å². The lowest BCUT2D eigenvalue weighted by Crippen LogP contribution is -2.50. The van der Waals surface area contributed by atoms with E-state index in [-0.39, 0.29) is 17.4 Å². The van der Waals surface area contributed by atoms with Gasteiger partial charge in [-0.1, -0.05) is 30.3 Å². The summed E-state index contributed by atoms with van der Waals surface area (Å²) in [6, 6.07) is 11.7. The molecular weight excluding hydrogens is 344 g/mol. The van der Waals surface area contributed by atoms with Gasteiger partial charge in [-0.15, -0.1) is 0 Å². The van der Waals surface area contributed by atoms with Crippen molar-refractivity contribution < 1.29 is 5.11 Å². The summed E-state index contributed by atoms with van der Waals surface area (Å²) in [4.78, 5) is 28.3. The first-order chi connectivity index (χ1) is 13.0. The molecule has 1 fully saturated rings. The third kappa shape index (κ3) is 4.67. The maximum atomic E-state index is 12.1. The monoisotopic (exact) mass is 372 g/mol. The molecule has 0 amide bonds. The zero-order valence-corrected chi connectivity index (χ0v) is 16.0. The maximum absolute atomic E-state index is 12.1. The number of β-amino-alcohol motifs (C(OH)–C–C–N with tert-alkyl or cyclic N) is 1. The number of aliphatic hydroxyl groups is 1. The highest BCUT2D eigenvalue weighted by atomic mass is 16.3. The Kier molecular flexibility index (Phi) is 6.13. The summed E-state index contributed by atoms with van der Waals surface area (Å²) >= 11 is 0. The minimum Gasteiger partial charge on any atom is -0.392 e. The van der Waals surface area contributed by atoms with Gasteiger partial charge in [0.25, 0.3) is 5.56 Å². The number of aromatic nitrogens is 2. The number of aryl methyl sites for hydroxylation is 1. The average Bonchev–Trinajstić information content (AvgIpc) is 2.69. The summed E-state index contributed by atoms with van der Waals surface area (Å²) in [7, 11) is 3.18. The molecule has 1 aliphatic heterocycles. The second-order valence-corrected chi connectivity index (χ2v) is 7.21. The molecule has 0 aliphatic carbocycles. The number of piperazine rings is 1. The summed E-state index contributed by atoms with van der Waals surface area (Å²) in [5.41, 5.74) is 0.649.